The lowest BCUT2D eigenvalue weighted by atomic mass is 10.3. The van der Waals surface area contributed by atoms with Crippen molar-refractivity contribution in [3.8, 4) is 5.75 Å². The van der Waals surface area contributed by atoms with E-state index in [0.717, 1.165) is 5.75 Å². The number of hydrogen-bond acceptors (Lipinski definition) is 6. The van der Waals surface area contributed by atoms with Gasteiger partial charge in [0.25, 0.3) is 0 Å². The molecule has 0 aliphatic rings. The van der Waals surface area contributed by atoms with Gasteiger partial charge in [-0.2, -0.15) is 0 Å². The van der Waals surface area contributed by atoms with Crippen molar-refractivity contribution in [2.24, 2.45) is 0 Å². The van der Waals surface area contributed by atoms with E-state index < -0.39 is 0 Å². The van der Waals surface area contributed by atoms with Crippen molar-refractivity contribution in [1.29, 1.82) is 0 Å². The van der Waals surface area contributed by atoms with Crippen molar-refractivity contribution in [3.63, 3.8) is 0 Å². The summed E-state index contributed by atoms with van der Waals surface area (Å²) in [5, 5.41) is 0. The second-order valence-electron chi connectivity index (χ2n) is 4.04. The van der Waals surface area contributed by atoms with E-state index in [9.17, 15) is 9.59 Å². The zero-order chi connectivity index (χ0) is 16.6. The number of rotatable bonds is 8. The van der Waals surface area contributed by atoms with Gasteiger partial charge in [-0.3, -0.25) is 9.59 Å². The molecule has 1 rings (SSSR count). The van der Waals surface area contributed by atoms with Gasteiger partial charge in [0, 0.05) is 13.8 Å². The first kappa shape index (κ1) is 19.9. The Balaban J connectivity index is 0.000000626. The predicted molar refractivity (Wildman–Crippen MR) is 81.7 cm³/mol. The van der Waals surface area contributed by atoms with Crippen molar-refractivity contribution in [1.82, 2.24) is 0 Å². The summed E-state index contributed by atoms with van der Waals surface area (Å²) < 4.78 is 19.7. The van der Waals surface area contributed by atoms with Gasteiger partial charge in [-0.05, 0) is 19.1 Å². The van der Waals surface area contributed by atoms with Crippen LogP contribution in [-0.4, -0.2) is 45.0 Å². The third-order valence-corrected chi connectivity index (χ3v) is 2.12. The molecule has 0 aliphatic carbocycles. The molecule has 0 saturated heterocycles. The molecular formula is C16H24O6. The zero-order valence-electron chi connectivity index (χ0n) is 13.4. The molecule has 0 fully saturated rings. The number of benzene rings is 1. The highest BCUT2D eigenvalue weighted by molar-refractivity contribution is 5.66. The van der Waals surface area contributed by atoms with Crippen molar-refractivity contribution < 1.29 is 28.5 Å². The molecular weight excluding hydrogens is 288 g/mol. The van der Waals surface area contributed by atoms with Crippen LogP contribution in [0.25, 0.3) is 0 Å². The van der Waals surface area contributed by atoms with Crippen molar-refractivity contribution in [2.45, 2.75) is 20.8 Å². The number of carbonyl (C=O) groups is 2. The fourth-order valence-corrected chi connectivity index (χ4v) is 1.28. The molecule has 0 aromatic heterocycles. The molecule has 22 heavy (non-hydrogen) atoms. The van der Waals surface area contributed by atoms with E-state index >= 15 is 0 Å². The highest BCUT2D eigenvalue weighted by atomic mass is 16.6. The Hall–Kier alpha value is -2.08. The summed E-state index contributed by atoms with van der Waals surface area (Å²) in [6.45, 7) is 6.69. The van der Waals surface area contributed by atoms with E-state index in [2.05, 4.69) is 4.74 Å². The highest BCUT2D eigenvalue weighted by Crippen LogP contribution is 2.07. The number of esters is 2. The fourth-order valence-electron chi connectivity index (χ4n) is 1.28. The molecule has 0 unspecified atom stereocenters. The SMILES string of the molecule is CC(=O)OCCOCCOc1ccccc1.CCOC(C)=O. The van der Waals surface area contributed by atoms with Crippen LogP contribution in [0.2, 0.25) is 0 Å². The first-order valence-corrected chi connectivity index (χ1v) is 7.08. The van der Waals surface area contributed by atoms with Crippen LogP contribution in [0.15, 0.2) is 30.3 Å². The molecule has 6 heteroatoms. The summed E-state index contributed by atoms with van der Waals surface area (Å²) in [6.07, 6.45) is 0. The molecule has 0 amide bonds. The highest BCUT2D eigenvalue weighted by Gasteiger charge is 1.94. The smallest absolute Gasteiger partial charge is 0.302 e. The molecule has 0 radical (unpaired) electrons. The van der Waals surface area contributed by atoms with E-state index in [1.165, 1.54) is 13.8 Å². The Morgan fingerprint density at radius 2 is 1.45 bits per heavy atom. The summed E-state index contributed by atoms with van der Waals surface area (Å²) in [5.41, 5.74) is 0. The molecule has 0 bridgehead atoms. The molecule has 0 saturated carbocycles. The van der Waals surface area contributed by atoms with Crippen LogP contribution in [0, 0.1) is 0 Å². The number of hydrogen-bond donors (Lipinski definition) is 0. The lowest BCUT2D eigenvalue weighted by Gasteiger charge is -2.06. The average molecular weight is 312 g/mol. The number of para-hydroxylation sites is 1. The predicted octanol–water partition coefficient (Wildman–Crippen LogP) is 2.21. The molecule has 1 aromatic rings. The summed E-state index contributed by atoms with van der Waals surface area (Å²) in [6, 6.07) is 9.54. The van der Waals surface area contributed by atoms with Gasteiger partial charge >= 0.3 is 11.9 Å². The van der Waals surface area contributed by atoms with Gasteiger partial charge in [-0.1, -0.05) is 18.2 Å². The molecule has 0 aliphatic heterocycles. The standard InChI is InChI=1S/C12H16O4.C4H8O2/c1-11(13)15-9-7-14-8-10-16-12-5-3-2-4-6-12;1-3-6-4(2)5/h2-6H,7-10H2,1H3;3H2,1-2H3. The molecule has 0 heterocycles. The first-order valence-electron chi connectivity index (χ1n) is 7.08. The van der Waals surface area contributed by atoms with Crippen LogP contribution in [0.1, 0.15) is 20.8 Å². The fraction of sp³-hybridized carbons (Fsp3) is 0.500. The molecule has 1 aromatic carbocycles. The second-order valence-corrected chi connectivity index (χ2v) is 4.04. The van der Waals surface area contributed by atoms with E-state index in [4.69, 9.17) is 14.2 Å². The van der Waals surface area contributed by atoms with Crippen LogP contribution in [0.5, 0.6) is 5.75 Å². The van der Waals surface area contributed by atoms with E-state index in [1.807, 2.05) is 30.3 Å². The zero-order valence-corrected chi connectivity index (χ0v) is 13.4. The Kier molecular flexibility index (Phi) is 12.6. The minimum absolute atomic E-state index is 0.211. The lowest BCUT2D eigenvalue weighted by Crippen LogP contribution is -2.12. The minimum Gasteiger partial charge on any atom is -0.491 e. The number of carbonyl (C=O) groups excluding carboxylic acids is 2. The molecule has 0 spiro atoms. The first-order chi connectivity index (χ1) is 10.6. The van der Waals surface area contributed by atoms with Crippen molar-refractivity contribution >= 4 is 11.9 Å². The van der Waals surface area contributed by atoms with Crippen LogP contribution < -0.4 is 4.74 Å². The average Bonchev–Trinajstić information content (AvgIpc) is 2.47. The van der Waals surface area contributed by atoms with Gasteiger partial charge in [-0.25, -0.2) is 0 Å². The lowest BCUT2D eigenvalue weighted by molar-refractivity contribution is -0.142. The molecule has 0 atom stereocenters. The van der Waals surface area contributed by atoms with Crippen molar-refractivity contribution in [3.05, 3.63) is 30.3 Å². The van der Waals surface area contributed by atoms with Gasteiger partial charge in [0.2, 0.25) is 0 Å². The van der Waals surface area contributed by atoms with Gasteiger partial charge in [0.05, 0.1) is 19.8 Å². The Morgan fingerprint density at radius 3 is 1.95 bits per heavy atom. The quantitative estimate of drug-likeness (QED) is 0.541. The Morgan fingerprint density at radius 1 is 0.864 bits per heavy atom. The summed E-state index contributed by atoms with van der Waals surface area (Å²) in [7, 11) is 0. The van der Waals surface area contributed by atoms with Gasteiger partial charge < -0.3 is 18.9 Å². The van der Waals surface area contributed by atoms with Gasteiger partial charge in [-0.15, -0.1) is 0 Å². The van der Waals surface area contributed by atoms with Crippen LogP contribution in [0.4, 0.5) is 0 Å². The van der Waals surface area contributed by atoms with Crippen LogP contribution >= 0.6 is 0 Å². The number of ether oxygens (including phenoxy) is 4. The third kappa shape index (κ3) is 14.3. The second kappa shape index (κ2) is 13.9. The van der Waals surface area contributed by atoms with E-state index in [-0.39, 0.29) is 11.9 Å². The Bertz CT molecular complexity index is 404. The molecule has 124 valence electrons. The van der Waals surface area contributed by atoms with E-state index in [0.29, 0.717) is 33.0 Å². The summed E-state index contributed by atoms with van der Waals surface area (Å²) in [4.78, 5) is 20.2. The summed E-state index contributed by atoms with van der Waals surface area (Å²) >= 11 is 0. The largest absolute Gasteiger partial charge is 0.491 e. The topological polar surface area (TPSA) is 71.1 Å². The monoisotopic (exact) mass is 312 g/mol. The van der Waals surface area contributed by atoms with Gasteiger partial charge in [0.1, 0.15) is 19.0 Å². The maximum Gasteiger partial charge on any atom is 0.302 e. The van der Waals surface area contributed by atoms with Crippen LogP contribution in [-0.2, 0) is 23.8 Å². The summed E-state index contributed by atoms with van der Waals surface area (Å²) in [5.74, 6) is 0.327. The minimum atomic E-state index is -0.288. The molecule has 6 nitrogen and oxygen atoms in total. The maximum atomic E-state index is 10.4. The molecule has 0 N–H and O–H groups in total. The van der Waals surface area contributed by atoms with Gasteiger partial charge in [0.15, 0.2) is 0 Å². The maximum absolute atomic E-state index is 10.4. The normalized spacial score (nSPS) is 9.23. The van der Waals surface area contributed by atoms with E-state index in [1.54, 1.807) is 6.92 Å². The third-order valence-electron chi connectivity index (χ3n) is 2.12. The van der Waals surface area contributed by atoms with Crippen LogP contribution in [0.3, 0.4) is 0 Å². The van der Waals surface area contributed by atoms with Crippen molar-refractivity contribution in [2.75, 3.05) is 33.0 Å². The Labute approximate surface area is 131 Å².